The molecule has 6 heteroatoms. The van der Waals surface area contributed by atoms with Crippen molar-refractivity contribution in [3.05, 3.63) is 54.0 Å². The highest BCUT2D eigenvalue weighted by molar-refractivity contribution is 5.34. The number of ether oxygens (including phenoxy) is 1. The molecule has 138 valence electrons. The van der Waals surface area contributed by atoms with Crippen LogP contribution in [-0.4, -0.2) is 45.0 Å². The van der Waals surface area contributed by atoms with Gasteiger partial charge in [-0.15, -0.1) is 0 Å². The normalized spacial score (nSPS) is 29.2. The molecule has 0 radical (unpaired) electrons. The lowest BCUT2D eigenvalue weighted by Crippen LogP contribution is -2.52. The van der Waals surface area contributed by atoms with E-state index in [9.17, 15) is 10.2 Å². The lowest BCUT2D eigenvalue weighted by Gasteiger charge is -2.38. The van der Waals surface area contributed by atoms with Gasteiger partial charge in [-0.1, -0.05) is 43.5 Å². The zero-order chi connectivity index (χ0) is 17.9. The van der Waals surface area contributed by atoms with Crippen LogP contribution in [0.4, 0.5) is 5.82 Å². The summed E-state index contributed by atoms with van der Waals surface area (Å²) in [4.78, 5) is 7.95. The summed E-state index contributed by atoms with van der Waals surface area (Å²) >= 11 is 0. The first-order valence-corrected chi connectivity index (χ1v) is 9.30. The fourth-order valence-electron chi connectivity index (χ4n) is 3.68. The van der Waals surface area contributed by atoms with Crippen LogP contribution in [0.15, 0.2) is 42.9 Å². The molecule has 2 aromatic rings. The van der Waals surface area contributed by atoms with E-state index in [1.807, 2.05) is 12.1 Å². The minimum Gasteiger partial charge on any atom is -0.388 e. The number of benzene rings is 1. The van der Waals surface area contributed by atoms with Crippen molar-refractivity contribution in [2.24, 2.45) is 5.92 Å². The quantitative estimate of drug-likeness (QED) is 0.761. The minimum absolute atomic E-state index is 0.288. The second-order valence-electron chi connectivity index (χ2n) is 7.32. The Kier molecular flexibility index (Phi) is 5.15. The van der Waals surface area contributed by atoms with Crippen molar-refractivity contribution in [2.75, 3.05) is 11.9 Å². The fraction of sp³-hybridized carbons (Fsp3) is 0.500. The summed E-state index contributed by atoms with van der Waals surface area (Å²) in [6.07, 6.45) is 5.73. The van der Waals surface area contributed by atoms with E-state index in [0.29, 0.717) is 5.82 Å². The van der Waals surface area contributed by atoms with E-state index in [1.165, 1.54) is 31.2 Å². The molecule has 4 atom stereocenters. The van der Waals surface area contributed by atoms with Crippen molar-refractivity contribution in [2.45, 2.75) is 50.0 Å². The topological polar surface area (TPSA) is 87.5 Å². The van der Waals surface area contributed by atoms with Crippen LogP contribution in [0.5, 0.6) is 0 Å². The van der Waals surface area contributed by atoms with Gasteiger partial charge in [0, 0.05) is 6.20 Å². The molecule has 6 nitrogen and oxygen atoms in total. The van der Waals surface area contributed by atoms with Gasteiger partial charge in [-0.25, -0.2) is 9.97 Å². The molecular formula is C20H25N3O3. The van der Waals surface area contributed by atoms with Crippen LogP contribution in [0.25, 0.3) is 0 Å². The molecule has 0 spiro atoms. The van der Waals surface area contributed by atoms with Crippen LogP contribution in [0.3, 0.4) is 0 Å². The van der Waals surface area contributed by atoms with E-state index in [4.69, 9.17) is 4.74 Å². The Balaban J connectivity index is 1.39. The van der Waals surface area contributed by atoms with Gasteiger partial charge in [0.25, 0.3) is 0 Å². The summed E-state index contributed by atoms with van der Waals surface area (Å²) < 4.78 is 5.87. The van der Waals surface area contributed by atoms with Crippen molar-refractivity contribution >= 4 is 5.82 Å². The Morgan fingerprint density at radius 2 is 1.88 bits per heavy atom. The molecule has 1 saturated heterocycles. The maximum absolute atomic E-state index is 10.6. The molecule has 2 heterocycles. The maximum Gasteiger partial charge on any atom is 0.129 e. The highest BCUT2D eigenvalue weighted by Crippen LogP contribution is 2.32. The number of nitrogens with zero attached hydrogens (tertiary/aromatic N) is 2. The van der Waals surface area contributed by atoms with Gasteiger partial charge in [0.05, 0.1) is 12.6 Å². The first-order valence-electron chi connectivity index (χ1n) is 9.30. The highest BCUT2D eigenvalue weighted by Gasteiger charge is 2.39. The van der Waals surface area contributed by atoms with Gasteiger partial charge in [-0.05, 0) is 29.5 Å². The zero-order valence-electron chi connectivity index (χ0n) is 14.7. The van der Waals surface area contributed by atoms with E-state index in [2.05, 4.69) is 27.4 Å². The summed E-state index contributed by atoms with van der Waals surface area (Å²) in [5.41, 5.74) is 2.22. The summed E-state index contributed by atoms with van der Waals surface area (Å²) in [5, 5.41) is 24.2. The second kappa shape index (κ2) is 7.70. The lowest BCUT2D eigenvalue weighted by atomic mass is 9.81. The first kappa shape index (κ1) is 17.4. The summed E-state index contributed by atoms with van der Waals surface area (Å²) in [5.74, 6) is 1.42. The number of aliphatic hydroxyl groups excluding tert-OH is 2. The smallest absolute Gasteiger partial charge is 0.129 e. The molecule has 0 bridgehead atoms. The molecule has 26 heavy (non-hydrogen) atoms. The monoisotopic (exact) mass is 355 g/mol. The number of aromatic nitrogens is 2. The Morgan fingerprint density at radius 3 is 2.54 bits per heavy atom. The lowest BCUT2D eigenvalue weighted by molar-refractivity contribution is -0.142. The number of anilines is 1. The van der Waals surface area contributed by atoms with E-state index in [-0.39, 0.29) is 6.61 Å². The number of rotatable bonds is 5. The molecule has 0 amide bonds. The molecule has 3 N–H and O–H groups in total. The SMILES string of the molecule is O[C@@H]1[C@H](O)[C@H](Nc2ccncn2)CO[C@@H]1c1ccc(CC2CCC2)cc1. The zero-order valence-corrected chi connectivity index (χ0v) is 14.7. The Hall–Kier alpha value is -2.02. The summed E-state index contributed by atoms with van der Waals surface area (Å²) in [6, 6.07) is 9.53. The third-order valence-corrected chi connectivity index (χ3v) is 5.50. The predicted octanol–water partition coefficient (Wildman–Crippen LogP) is 2.09. The van der Waals surface area contributed by atoms with Gasteiger partial charge in [0.2, 0.25) is 0 Å². The number of hydrogen-bond donors (Lipinski definition) is 3. The van der Waals surface area contributed by atoms with Crippen molar-refractivity contribution in [1.82, 2.24) is 9.97 Å². The molecule has 0 unspecified atom stereocenters. The van der Waals surface area contributed by atoms with Crippen molar-refractivity contribution in [1.29, 1.82) is 0 Å². The van der Waals surface area contributed by atoms with Gasteiger partial charge >= 0.3 is 0 Å². The molecule has 1 aromatic carbocycles. The molecule has 1 aliphatic heterocycles. The molecule has 2 aliphatic rings. The average molecular weight is 355 g/mol. The molecule has 1 saturated carbocycles. The standard InChI is InChI=1S/C20H25N3O3/c24-18-16(23-17-8-9-21-12-22-17)11-26-20(19(18)25)15-6-4-14(5-7-15)10-13-2-1-3-13/h4-9,12-13,16,18-20,24-25H,1-3,10-11H2,(H,21,22,23)/t16-,18-,19-,20-/m1/s1. The van der Waals surface area contributed by atoms with Crippen molar-refractivity contribution in [3.63, 3.8) is 0 Å². The van der Waals surface area contributed by atoms with E-state index >= 15 is 0 Å². The van der Waals surface area contributed by atoms with Gasteiger partial charge < -0.3 is 20.3 Å². The molecule has 4 rings (SSSR count). The minimum atomic E-state index is -0.999. The van der Waals surface area contributed by atoms with Crippen LogP contribution in [0.1, 0.15) is 36.5 Å². The molecular weight excluding hydrogens is 330 g/mol. The number of nitrogens with one attached hydrogen (secondary N) is 1. The van der Waals surface area contributed by atoms with E-state index in [1.54, 1.807) is 12.3 Å². The van der Waals surface area contributed by atoms with Gasteiger partial charge in [0.15, 0.2) is 0 Å². The molecule has 1 aromatic heterocycles. The Labute approximate surface area is 153 Å². The van der Waals surface area contributed by atoms with Gasteiger partial charge in [-0.3, -0.25) is 0 Å². The van der Waals surface area contributed by atoms with Gasteiger partial charge in [-0.2, -0.15) is 0 Å². The van der Waals surface area contributed by atoms with E-state index < -0.39 is 24.4 Å². The van der Waals surface area contributed by atoms with Crippen molar-refractivity contribution < 1.29 is 14.9 Å². The second-order valence-corrected chi connectivity index (χ2v) is 7.32. The largest absolute Gasteiger partial charge is 0.388 e. The number of aliphatic hydroxyl groups is 2. The average Bonchev–Trinajstić information content (AvgIpc) is 2.64. The first-order chi connectivity index (χ1) is 12.7. The fourth-order valence-corrected chi connectivity index (χ4v) is 3.68. The molecule has 1 aliphatic carbocycles. The Bertz CT molecular complexity index is 706. The third kappa shape index (κ3) is 3.72. The van der Waals surface area contributed by atoms with Crippen molar-refractivity contribution in [3.8, 4) is 0 Å². The van der Waals surface area contributed by atoms with E-state index in [0.717, 1.165) is 17.9 Å². The Morgan fingerprint density at radius 1 is 1.08 bits per heavy atom. The van der Waals surface area contributed by atoms with Crippen LogP contribution in [0.2, 0.25) is 0 Å². The highest BCUT2D eigenvalue weighted by atomic mass is 16.5. The summed E-state index contributed by atoms with van der Waals surface area (Å²) in [6.45, 7) is 0.288. The molecule has 2 fully saturated rings. The van der Waals surface area contributed by atoms with Crippen LogP contribution >= 0.6 is 0 Å². The predicted molar refractivity (Wildman–Crippen MR) is 97.6 cm³/mol. The van der Waals surface area contributed by atoms with Crippen LogP contribution in [0, 0.1) is 5.92 Å². The summed E-state index contributed by atoms with van der Waals surface area (Å²) in [7, 11) is 0. The third-order valence-electron chi connectivity index (χ3n) is 5.50. The van der Waals surface area contributed by atoms with Gasteiger partial charge in [0.1, 0.15) is 30.5 Å². The maximum atomic E-state index is 10.6. The van der Waals surface area contributed by atoms with Crippen LogP contribution in [-0.2, 0) is 11.2 Å². The number of hydrogen-bond acceptors (Lipinski definition) is 6. The van der Waals surface area contributed by atoms with Crippen LogP contribution < -0.4 is 5.32 Å².